The average molecular weight is 298 g/mol. The van der Waals surface area contributed by atoms with E-state index in [4.69, 9.17) is 0 Å². The Kier molecular flexibility index (Phi) is 6.34. The quantitative estimate of drug-likeness (QED) is 0.699. The lowest BCUT2D eigenvalue weighted by atomic mass is 10.2. The van der Waals surface area contributed by atoms with Crippen LogP contribution in [0.15, 0.2) is 6.33 Å². The summed E-state index contributed by atoms with van der Waals surface area (Å²) in [6.45, 7) is 1.11. The first kappa shape index (κ1) is 16.8. The topological polar surface area (TPSA) is 52.0 Å². The highest BCUT2D eigenvalue weighted by atomic mass is 19.3. The van der Waals surface area contributed by atoms with Crippen molar-refractivity contribution in [2.75, 3.05) is 20.3 Å². The Morgan fingerprint density at radius 3 is 2.70 bits per heavy atom. The Bertz CT molecular complexity index is 400. The van der Waals surface area contributed by atoms with E-state index in [1.807, 2.05) is 6.92 Å². The second-order valence-corrected chi connectivity index (χ2v) is 4.26. The summed E-state index contributed by atoms with van der Waals surface area (Å²) in [5.41, 5.74) is 0. The highest BCUT2D eigenvalue weighted by Gasteiger charge is 2.41. The van der Waals surface area contributed by atoms with Gasteiger partial charge in [-0.25, -0.2) is 13.8 Å². The molecular formula is C11H18F4N4O. The van der Waals surface area contributed by atoms with Gasteiger partial charge in [-0.3, -0.25) is 4.68 Å². The minimum Gasteiger partial charge on any atom is -0.373 e. The Labute approximate surface area is 114 Å². The normalized spacial score (nSPS) is 13.9. The van der Waals surface area contributed by atoms with Crippen molar-refractivity contribution in [2.45, 2.75) is 38.3 Å². The van der Waals surface area contributed by atoms with Crippen molar-refractivity contribution >= 4 is 0 Å². The van der Waals surface area contributed by atoms with Gasteiger partial charge in [-0.1, -0.05) is 0 Å². The fourth-order valence-electron chi connectivity index (χ4n) is 1.58. The van der Waals surface area contributed by atoms with Crippen LogP contribution in [0.3, 0.4) is 0 Å². The number of aromatic nitrogens is 3. The molecule has 0 aromatic carbocycles. The second kappa shape index (κ2) is 7.53. The number of ether oxygens (including phenoxy) is 1. The predicted molar refractivity (Wildman–Crippen MR) is 64.0 cm³/mol. The first-order valence-corrected chi connectivity index (χ1v) is 6.18. The molecule has 0 radical (unpaired) electrons. The lowest BCUT2D eigenvalue weighted by Crippen LogP contribution is -2.38. The van der Waals surface area contributed by atoms with Crippen LogP contribution in [-0.4, -0.2) is 53.4 Å². The van der Waals surface area contributed by atoms with Crippen molar-refractivity contribution in [2.24, 2.45) is 0 Å². The molecule has 0 saturated heterocycles. The molecule has 0 spiro atoms. The van der Waals surface area contributed by atoms with Crippen molar-refractivity contribution in [3.63, 3.8) is 0 Å². The molecule has 0 aliphatic carbocycles. The van der Waals surface area contributed by atoms with Crippen molar-refractivity contribution in [3.8, 4) is 0 Å². The standard InChI is InChI=1S/C11H18F4N4O/c1-3-19-9(17-7-18-19)4-8(16-2)5-20-6-11(14,15)10(12)13/h7-8,10,16H,3-6H2,1-2H3. The van der Waals surface area contributed by atoms with Gasteiger partial charge < -0.3 is 10.1 Å². The minimum atomic E-state index is -4.12. The van der Waals surface area contributed by atoms with Gasteiger partial charge >= 0.3 is 12.3 Å². The van der Waals surface area contributed by atoms with Gasteiger partial charge in [0, 0.05) is 19.0 Å². The molecule has 0 aliphatic rings. The SMILES string of the molecule is CCn1ncnc1CC(COCC(F)(F)C(F)F)NC. The van der Waals surface area contributed by atoms with E-state index in [2.05, 4.69) is 20.1 Å². The molecule has 9 heteroatoms. The zero-order valence-corrected chi connectivity index (χ0v) is 11.3. The van der Waals surface area contributed by atoms with Crippen molar-refractivity contribution in [1.82, 2.24) is 20.1 Å². The molecule has 1 unspecified atom stereocenters. The molecule has 0 saturated carbocycles. The number of alkyl halides is 4. The second-order valence-electron chi connectivity index (χ2n) is 4.26. The Morgan fingerprint density at radius 1 is 1.45 bits per heavy atom. The fourth-order valence-corrected chi connectivity index (χ4v) is 1.58. The van der Waals surface area contributed by atoms with E-state index in [1.165, 1.54) is 6.33 Å². The van der Waals surface area contributed by atoms with Gasteiger partial charge in [0.15, 0.2) is 0 Å². The molecule has 0 amide bonds. The van der Waals surface area contributed by atoms with E-state index in [9.17, 15) is 17.6 Å². The maximum absolute atomic E-state index is 12.7. The van der Waals surface area contributed by atoms with E-state index >= 15 is 0 Å². The number of nitrogens with one attached hydrogen (secondary N) is 1. The van der Waals surface area contributed by atoms with Crippen LogP contribution >= 0.6 is 0 Å². The average Bonchev–Trinajstić information content (AvgIpc) is 2.84. The molecule has 1 aromatic rings. The van der Waals surface area contributed by atoms with E-state index in [-0.39, 0.29) is 12.6 Å². The smallest absolute Gasteiger partial charge is 0.330 e. The van der Waals surface area contributed by atoms with Crippen LogP contribution in [0.5, 0.6) is 0 Å². The summed E-state index contributed by atoms with van der Waals surface area (Å²) in [7, 11) is 1.63. The van der Waals surface area contributed by atoms with Crippen LogP contribution in [0.25, 0.3) is 0 Å². The number of aryl methyl sites for hydroxylation is 1. The Balaban J connectivity index is 2.44. The van der Waals surface area contributed by atoms with Gasteiger partial charge in [0.1, 0.15) is 18.8 Å². The molecule has 0 fully saturated rings. The minimum absolute atomic E-state index is 0.116. The number of halogens is 4. The van der Waals surface area contributed by atoms with Gasteiger partial charge in [0.05, 0.1) is 6.61 Å². The highest BCUT2D eigenvalue weighted by molar-refractivity contribution is 4.89. The summed E-state index contributed by atoms with van der Waals surface area (Å²) in [6, 6.07) is -0.307. The molecule has 1 heterocycles. The van der Waals surface area contributed by atoms with Gasteiger partial charge in [-0.15, -0.1) is 0 Å². The lowest BCUT2D eigenvalue weighted by Gasteiger charge is -2.19. The summed E-state index contributed by atoms with van der Waals surface area (Å²) < 4.78 is 55.6. The molecular weight excluding hydrogens is 280 g/mol. The number of hydrogen-bond acceptors (Lipinski definition) is 4. The van der Waals surface area contributed by atoms with Gasteiger partial charge in [0.2, 0.25) is 0 Å². The molecule has 0 aliphatic heterocycles. The van der Waals surface area contributed by atoms with E-state index in [0.717, 1.165) is 0 Å². The van der Waals surface area contributed by atoms with Crippen LogP contribution < -0.4 is 5.32 Å². The van der Waals surface area contributed by atoms with Crippen molar-refractivity contribution in [1.29, 1.82) is 0 Å². The summed E-state index contributed by atoms with van der Waals surface area (Å²) >= 11 is 0. The van der Waals surface area contributed by atoms with Crippen LogP contribution in [-0.2, 0) is 17.7 Å². The summed E-state index contributed by atoms with van der Waals surface area (Å²) in [6.07, 6.45) is -1.92. The molecule has 0 bridgehead atoms. The molecule has 1 aromatic heterocycles. The van der Waals surface area contributed by atoms with E-state index in [0.29, 0.717) is 18.8 Å². The zero-order chi connectivity index (χ0) is 15.2. The third-order valence-corrected chi connectivity index (χ3v) is 2.77. The fraction of sp³-hybridized carbons (Fsp3) is 0.818. The van der Waals surface area contributed by atoms with Gasteiger partial charge in [-0.05, 0) is 14.0 Å². The van der Waals surface area contributed by atoms with Crippen molar-refractivity contribution in [3.05, 3.63) is 12.2 Å². The third kappa shape index (κ3) is 4.71. The van der Waals surface area contributed by atoms with E-state index in [1.54, 1.807) is 11.7 Å². The molecule has 1 rings (SSSR count). The highest BCUT2D eigenvalue weighted by Crippen LogP contribution is 2.22. The molecule has 5 nitrogen and oxygen atoms in total. The van der Waals surface area contributed by atoms with Crippen LogP contribution in [0.1, 0.15) is 12.7 Å². The zero-order valence-electron chi connectivity index (χ0n) is 11.3. The summed E-state index contributed by atoms with van der Waals surface area (Å²) in [5, 5.41) is 6.85. The maximum atomic E-state index is 12.7. The number of likely N-dealkylation sites (N-methyl/N-ethyl adjacent to an activating group) is 1. The predicted octanol–water partition coefficient (Wildman–Crippen LogP) is 1.35. The molecule has 116 valence electrons. The first-order chi connectivity index (χ1) is 9.40. The van der Waals surface area contributed by atoms with E-state index < -0.39 is 19.0 Å². The molecule has 1 atom stereocenters. The van der Waals surface area contributed by atoms with Crippen LogP contribution in [0.4, 0.5) is 17.6 Å². The maximum Gasteiger partial charge on any atom is 0.330 e. The Hall–Kier alpha value is -1.22. The summed E-state index contributed by atoms with van der Waals surface area (Å²) in [5.74, 6) is -3.45. The van der Waals surface area contributed by atoms with Crippen LogP contribution in [0.2, 0.25) is 0 Å². The summed E-state index contributed by atoms with van der Waals surface area (Å²) in [4.78, 5) is 4.05. The third-order valence-electron chi connectivity index (χ3n) is 2.77. The van der Waals surface area contributed by atoms with Crippen molar-refractivity contribution < 1.29 is 22.3 Å². The number of hydrogen-bond donors (Lipinski definition) is 1. The van der Waals surface area contributed by atoms with Gasteiger partial charge in [-0.2, -0.15) is 13.9 Å². The monoisotopic (exact) mass is 298 g/mol. The molecule has 20 heavy (non-hydrogen) atoms. The van der Waals surface area contributed by atoms with Crippen LogP contribution in [0, 0.1) is 0 Å². The Morgan fingerprint density at radius 2 is 2.15 bits per heavy atom. The lowest BCUT2D eigenvalue weighted by molar-refractivity contribution is -0.166. The largest absolute Gasteiger partial charge is 0.373 e. The number of rotatable bonds is 9. The number of nitrogens with zero attached hydrogens (tertiary/aromatic N) is 3. The molecule has 1 N–H and O–H groups in total. The first-order valence-electron chi connectivity index (χ1n) is 6.18. The van der Waals surface area contributed by atoms with Gasteiger partial charge in [0.25, 0.3) is 0 Å².